The van der Waals surface area contributed by atoms with E-state index in [2.05, 4.69) is 6.58 Å². The van der Waals surface area contributed by atoms with Crippen LogP contribution in [0.15, 0.2) is 12.7 Å². The normalized spacial score (nSPS) is 12.4. The summed E-state index contributed by atoms with van der Waals surface area (Å²) in [6.07, 6.45) is 1.02. The Hall–Kier alpha value is -0.960. The topological polar surface area (TPSA) is 104 Å². The largest absolute Gasteiger partial charge is 0.443 e. The number of ether oxygens (including phenoxy) is 1. The van der Waals surface area contributed by atoms with E-state index >= 15 is 0 Å². The Morgan fingerprint density at radius 2 is 1.76 bits per heavy atom. The molecule has 0 spiro atoms. The second-order valence-electron chi connectivity index (χ2n) is 2.91. The van der Waals surface area contributed by atoms with Crippen LogP contribution in [0.3, 0.4) is 0 Å². The van der Waals surface area contributed by atoms with Gasteiger partial charge < -0.3 is 4.74 Å². The molecule has 8 heteroatoms. The lowest BCUT2D eigenvalue weighted by Crippen LogP contribution is -2.35. The standard InChI is InChI=1S/C9H17NO2.H2O4S/c1-5-9(11)12-8(4)10(6-2)7-3;1-5(2,3)4/h5,8H,1,6-7H2,2-4H3;(H2,1,2,3,4). The van der Waals surface area contributed by atoms with Crippen molar-refractivity contribution in [3.05, 3.63) is 12.7 Å². The van der Waals surface area contributed by atoms with Crippen molar-refractivity contribution >= 4 is 16.4 Å². The van der Waals surface area contributed by atoms with Gasteiger partial charge in [0.1, 0.15) is 0 Å². The van der Waals surface area contributed by atoms with Gasteiger partial charge in [0.2, 0.25) is 0 Å². The molecule has 0 bridgehead atoms. The minimum Gasteiger partial charge on any atom is -0.443 e. The van der Waals surface area contributed by atoms with Crippen molar-refractivity contribution in [2.24, 2.45) is 0 Å². The predicted molar refractivity (Wildman–Crippen MR) is 62.8 cm³/mol. The number of carbonyl (C=O) groups excluding carboxylic acids is 1. The summed E-state index contributed by atoms with van der Waals surface area (Å²) >= 11 is 0. The first kappa shape index (κ1) is 18.4. The summed E-state index contributed by atoms with van der Waals surface area (Å²) in [4.78, 5) is 12.8. The van der Waals surface area contributed by atoms with E-state index in [1.165, 1.54) is 6.08 Å². The lowest BCUT2D eigenvalue weighted by Gasteiger charge is -2.25. The van der Waals surface area contributed by atoms with Crippen molar-refractivity contribution in [1.82, 2.24) is 4.90 Å². The van der Waals surface area contributed by atoms with Gasteiger partial charge in [0, 0.05) is 6.08 Å². The maximum Gasteiger partial charge on any atom is 0.394 e. The number of rotatable bonds is 5. The van der Waals surface area contributed by atoms with E-state index in [1.807, 2.05) is 25.7 Å². The maximum absolute atomic E-state index is 10.8. The number of esters is 1. The molecule has 0 saturated heterocycles. The summed E-state index contributed by atoms with van der Waals surface area (Å²) in [6.45, 7) is 11.0. The van der Waals surface area contributed by atoms with E-state index in [1.54, 1.807) is 0 Å². The molecule has 0 aromatic rings. The Labute approximate surface area is 102 Å². The Balaban J connectivity index is 0. The molecule has 1 unspecified atom stereocenters. The fourth-order valence-corrected chi connectivity index (χ4v) is 1.03. The summed E-state index contributed by atoms with van der Waals surface area (Å²) in [7, 11) is -4.67. The Morgan fingerprint density at radius 3 is 2.00 bits per heavy atom. The predicted octanol–water partition coefficient (Wildman–Crippen LogP) is 0.751. The molecule has 2 N–H and O–H groups in total. The highest BCUT2D eigenvalue weighted by atomic mass is 32.3. The summed E-state index contributed by atoms with van der Waals surface area (Å²) in [5, 5.41) is 0. The smallest absolute Gasteiger partial charge is 0.394 e. The average molecular weight is 269 g/mol. The zero-order chi connectivity index (χ0) is 14.1. The lowest BCUT2D eigenvalue weighted by molar-refractivity contribution is -0.150. The second kappa shape index (κ2) is 9.11. The molecule has 7 nitrogen and oxygen atoms in total. The quantitative estimate of drug-likeness (QED) is 0.328. The first-order chi connectivity index (χ1) is 7.65. The minimum absolute atomic E-state index is 0.162. The van der Waals surface area contributed by atoms with Crippen LogP contribution in [-0.4, -0.2) is 47.7 Å². The number of hydrogen-bond acceptors (Lipinski definition) is 5. The van der Waals surface area contributed by atoms with Gasteiger partial charge in [-0.25, -0.2) is 4.79 Å². The third-order valence-electron chi connectivity index (χ3n) is 1.78. The van der Waals surface area contributed by atoms with E-state index in [-0.39, 0.29) is 12.2 Å². The van der Waals surface area contributed by atoms with Crippen LogP contribution in [0.4, 0.5) is 0 Å². The molecule has 0 heterocycles. The molecule has 102 valence electrons. The summed E-state index contributed by atoms with van der Waals surface area (Å²) in [5.74, 6) is -0.366. The highest BCUT2D eigenvalue weighted by Gasteiger charge is 2.12. The third-order valence-corrected chi connectivity index (χ3v) is 1.78. The Kier molecular flexibility index (Phi) is 9.86. The fraction of sp³-hybridized carbons (Fsp3) is 0.667. The molecular formula is C9H19NO6S. The molecule has 17 heavy (non-hydrogen) atoms. The van der Waals surface area contributed by atoms with Gasteiger partial charge in [0.25, 0.3) is 0 Å². The van der Waals surface area contributed by atoms with Gasteiger partial charge in [-0.05, 0) is 20.0 Å². The highest BCUT2D eigenvalue weighted by Crippen LogP contribution is 2.00. The van der Waals surface area contributed by atoms with Crippen molar-refractivity contribution in [1.29, 1.82) is 0 Å². The van der Waals surface area contributed by atoms with Crippen LogP contribution in [-0.2, 0) is 19.9 Å². The third kappa shape index (κ3) is 15.0. The summed E-state index contributed by atoms with van der Waals surface area (Å²) < 4.78 is 36.6. The van der Waals surface area contributed by atoms with Gasteiger partial charge >= 0.3 is 16.4 Å². The minimum atomic E-state index is -4.67. The van der Waals surface area contributed by atoms with Crippen LogP contribution in [0.1, 0.15) is 20.8 Å². The second-order valence-corrected chi connectivity index (χ2v) is 3.81. The Morgan fingerprint density at radius 1 is 1.41 bits per heavy atom. The Bertz CT molecular complexity index is 314. The highest BCUT2D eigenvalue weighted by molar-refractivity contribution is 7.79. The first-order valence-corrected chi connectivity index (χ1v) is 6.32. The molecule has 0 aromatic heterocycles. The van der Waals surface area contributed by atoms with Gasteiger partial charge in [-0.2, -0.15) is 8.42 Å². The number of nitrogens with zero attached hydrogens (tertiary/aromatic N) is 1. The van der Waals surface area contributed by atoms with E-state index in [0.29, 0.717) is 0 Å². The zero-order valence-electron chi connectivity index (χ0n) is 10.2. The van der Waals surface area contributed by atoms with Crippen LogP contribution in [0, 0.1) is 0 Å². The van der Waals surface area contributed by atoms with Crippen molar-refractivity contribution in [3.63, 3.8) is 0 Å². The van der Waals surface area contributed by atoms with Crippen LogP contribution in [0.2, 0.25) is 0 Å². The molecule has 0 aliphatic carbocycles. The molecule has 0 fully saturated rings. The van der Waals surface area contributed by atoms with Crippen LogP contribution < -0.4 is 0 Å². The van der Waals surface area contributed by atoms with Gasteiger partial charge in [0.15, 0.2) is 6.23 Å². The van der Waals surface area contributed by atoms with Crippen molar-refractivity contribution in [2.75, 3.05) is 13.1 Å². The van der Waals surface area contributed by atoms with Crippen molar-refractivity contribution in [3.8, 4) is 0 Å². The molecule has 1 atom stereocenters. The van der Waals surface area contributed by atoms with Crippen LogP contribution >= 0.6 is 0 Å². The molecule has 0 radical (unpaired) electrons. The first-order valence-electron chi connectivity index (χ1n) is 4.92. The van der Waals surface area contributed by atoms with Gasteiger partial charge in [0.05, 0.1) is 0 Å². The molecule has 0 saturated carbocycles. The maximum atomic E-state index is 10.8. The number of carbonyl (C=O) groups is 1. The summed E-state index contributed by atoms with van der Waals surface area (Å²) in [6, 6.07) is 0. The molecule has 0 aliphatic heterocycles. The van der Waals surface area contributed by atoms with E-state index < -0.39 is 10.4 Å². The average Bonchev–Trinajstić information content (AvgIpc) is 2.16. The lowest BCUT2D eigenvalue weighted by atomic mass is 10.4. The van der Waals surface area contributed by atoms with Crippen LogP contribution in [0.5, 0.6) is 0 Å². The van der Waals surface area contributed by atoms with E-state index in [0.717, 1.165) is 13.1 Å². The van der Waals surface area contributed by atoms with Crippen molar-refractivity contribution < 1.29 is 27.1 Å². The zero-order valence-corrected chi connectivity index (χ0v) is 11.0. The van der Waals surface area contributed by atoms with E-state index in [9.17, 15) is 4.79 Å². The SMILES string of the molecule is C=CC(=O)OC(C)N(CC)CC.O=S(=O)(O)O. The molecule has 0 rings (SSSR count). The molecule has 0 aliphatic rings. The monoisotopic (exact) mass is 269 g/mol. The molecule has 0 amide bonds. The summed E-state index contributed by atoms with van der Waals surface area (Å²) in [5.41, 5.74) is 0. The van der Waals surface area contributed by atoms with Crippen LogP contribution in [0.25, 0.3) is 0 Å². The van der Waals surface area contributed by atoms with E-state index in [4.69, 9.17) is 22.3 Å². The fourth-order valence-electron chi connectivity index (χ4n) is 1.03. The number of hydrogen-bond donors (Lipinski definition) is 2. The van der Waals surface area contributed by atoms with Gasteiger partial charge in [-0.3, -0.25) is 14.0 Å². The van der Waals surface area contributed by atoms with Gasteiger partial charge in [-0.1, -0.05) is 20.4 Å². The van der Waals surface area contributed by atoms with Crippen molar-refractivity contribution in [2.45, 2.75) is 27.0 Å². The molecule has 0 aromatic carbocycles. The van der Waals surface area contributed by atoms with Gasteiger partial charge in [-0.15, -0.1) is 0 Å². The molecular weight excluding hydrogens is 250 g/mol.